The number of esters is 1. The number of aromatic nitrogens is 2. The largest absolute Gasteiger partial charge is 0.497 e. The lowest BCUT2D eigenvalue weighted by atomic mass is 10.1. The molecule has 7 nitrogen and oxygen atoms in total. The van der Waals surface area contributed by atoms with Crippen LogP contribution in [-0.4, -0.2) is 22.9 Å². The number of methoxy groups -OCH3 is 1. The van der Waals surface area contributed by atoms with Gasteiger partial charge in [-0.15, -0.1) is 0 Å². The van der Waals surface area contributed by atoms with E-state index in [1.807, 2.05) is 31.2 Å². The number of rotatable bonds is 6. The zero-order valence-corrected chi connectivity index (χ0v) is 18.6. The Hall–Kier alpha value is -3.58. The average molecular weight is 453 g/mol. The average Bonchev–Trinajstić information content (AvgIpc) is 3.05. The number of hydrogen-bond donors (Lipinski definition) is 0. The van der Waals surface area contributed by atoms with Crippen LogP contribution in [0.4, 0.5) is 0 Å². The fraction of sp³-hybridized carbons (Fsp3) is 0.208. The number of hydrogen-bond acceptors (Lipinski definition) is 6. The minimum absolute atomic E-state index is 0.119. The van der Waals surface area contributed by atoms with Gasteiger partial charge in [-0.1, -0.05) is 41.4 Å². The summed E-state index contributed by atoms with van der Waals surface area (Å²) in [5, 5.41) is 5.25. The van der Waals surface area contributed by atoms with Crippen LogP contribution >= 0.6 is 11.6 Å². The molecule has 2 aromatic heterocycles. The summed E-state index contributed by atoms with van der Waals surface area (Å²) >= 11 is 6.46. The second kappa shape index (κ2) is 8.88. The number of nitrogens with zero attached hydrogens (tertiary/aromatic N) is 2. The Labute approximate surface area is 189 Å². The van der Waals surface area contributed by atoms with Gasteiger partial charge >= 0.3 is 11.6 Å². The van der Waals surface area contributed by atoms with Crippen LogP contribution in [0.15, 0.2) is 57.7 Å². The summed E-state index contributed by atoms with van der Waals surface area (Å²) in [6.45, 7) is 4.03. The van der Waals surface area contributed by atoms with Crippen molar-refractivity contribution in [3.8, 4) is 5.75 Å². The third-order valence-electron chi connectivity index (χ3n) is 5.12. The Kier molecular flexibility index (Phi) is 6.01. The number of benzene rings is 2. The number of ether oxygens (including phenoxy) is 2. The van der Waals surface area contributed by atoms with E-state index in [2.05, 4.69) is 5.10 Å². The van der Waals surface area contributed by atoms with Gasteiger partial charge in [0, 0.05) is 23.1 Å². The zero-order valence-electron chi connectivity index (χ0n) is 17.8. The second-order valence-electron chi connectivity index (χ2n) is 7.42. The summed E-state index contributed by atoms with van der Waals surface area (Å²) in [6, 6.07) is 14.4. The summed E-state index contributed by atoms with van der Waals surface area (Å²) in [5.41, 5.74) is 3.16. The summed E-state index contributed by atoms with van der Waals surface area (Å²) in [5.74, 6) is -0.0595. The lowest BCUT2D eigenvalue weighted by molar-refractivity contribution is 0.0473. The van der Waals surface area contributed by atoms with Crippen molar-refractivity contribution >= 4 is 28.5 Å². The smallest absolute Gasteiger partial charge is 0.343 e. The minimum atomic E-state index is -0.613. The maximum absolute atomic E-state index is 12.8. The van der Waals surface area contributed by atoms with Crippen LogP contribution in [0.25, 0.3) is 11.0 Å². The van der Waals surface area contributed by atoms with Gasteiger partial charge in [0.1, 0.15) is 28.7 Å². The molecule has 0 fully saturated rings. The van der Waals surface area contributed by atoms with Gasteiger partial charge in [0.2, 0.25) is 0 Å². The molecule has 164 valence electrons. The summed E-state index contributed by atoms with van der Waals surface area (Å²) in [4.78, 5) is 24.8. The van der Waals surface area contributed by atoms with Gasteiger partial charge in [0.25, 0.3) is 0 Å². The van der Waals surface area contributed by atoms with Gasteiger partial charge in [-0.2, -0.15) is 5.10 Å². The zero-order chi connectivity index (χ0) is 22.8. The van der Waals surface area contributed by atoms with Gasteiger partial charge in [-0.25, -0.2) is 14.3 Å². The molecule has 0 aliphatic heterocycles. The lowest BCUT2D eigenvalue weighted by Crippen LogP contribution is -2.09. The predicted octanol–water partition coefficient (Wildman–Crippen LogP) is 4.67. The van der Waals surface area contributed by atoms with Crippen molar-refractivity contribution < 1.29 is 18.7 Å². The van der Waals surface area contributed by atoms with Crippen LogP contribution in [0.1, 0.15) is 32.7 Å². The van der Waals surface area contributed by atoms with Crippen LogP contribution in [0.5, 0.6) is 5.75 Å². The number of aryl methyl sites for hydroxylation is 2. The highest BCUT2D eigenvalue weighted by atomic mass is 35.5. The van der Waals surface area contributed by atoms with E-state index in [4.69, 9.17) is 25.5 Å². The quantitative estimate of drug-likeness (QED) is 0.312. The van der Waals surface area contributed by atoms with Crippen LogP contribution in [0.2, 0.25) is 5.15 Å². The van der Waals surface area contributed by atoms with E-state index in [0.717, 1.165) is 11.1 Å². The first-order valence-electron chi connectivity index (χ1n) is 9.92. The van der Waals surface area contributed by atoms with Gasteiger partial charge in [-0.05, 0) is 31.5 Å². The first kappa shape index (κ1) is 21.6. The number of carbonyl (C=O) groups is 1. The molecule has 2 aromatic carbocycles. The molecule has 4 aromatic rings. The van der Waals surface area contributed by atoms with Gasteiger partial charge in [0.15, 0.2) is 0 Å². The maximum Gasteiger partial charge on any atom is 0.343 e. The molecule has 0 spiro atoms. The molecule has 0 amide bonds. The fourth-order valence-electron chi connectivity index (χ4n) is 3.43. The Bertz CT molecular complexity index is 1360. The molecule has 0 N–H and O–H groups in total. The molecule has 2 heterocycles. The Morgan fingerprint density at radius 1 is 1.12 bits per heavy atom. The topological polar surface area (TPSA) is 83.6 Å². The molecular weight excluding hydrogens is 432 g/mol. The van der Waals surface area contributed by atoms with E-state index < -0.39 is 11.6 Å². The minimum Gasteiger partial charge on any atom is -0.497 e. The molecule has 8 heteroatoms. The molecule has 0 unspecified atom stereocenters. The van der Waals surface area contributed by atoms with Crippen LogP contribution < -0.4 is 10.4 Å². The van der Waals surface area contributed by atoms with Gasteiger partial charge in [-0.3, -0.25) is 0 Å². The molecule has 0 saturated heterocycles. The Morgan fingerprint density at radius 2 is 1.88 bits per heavy atom. The molecule has 0 bridgehead atoms. The molecule has 4 rings (SSSR count). The normalized spacial score (nSPS) is 11.0. The number of halogens is 1. The summed E-state index contributed by atoms with van der Waals surface area (Å²) in [6.07, 6.45) is 0. The Morgan fingerprint density at radius 3 is 2.59 bits per heavy atom. The number of carbonyl (C=O) groups excluding carboxylic acids is 1. The first-order valence-corrected chi connectivity index (χ1v) is 10.3. The fourth-order valence-corrected chi connectivity index (χ4v) is 3.74. The second-order valence-corrected chi connectivity index (χ2v) is 7.78. The monoisotopic (exact) mass is 452 g/mol. The van der Waals surface area contributed by atoms with Crippen LogP contribution in [-0.2, 0) is 17.9 Å². The maximum atomic E-state index is 12.8. The van der Waals surface area contributed by atoms with E-state index in [0.29, 0.717) is 34.5 Å². The van der Waals surface area contributed by atoms with Crippen molar-refractivity contribution in [2.24, 2.45) is 0 Å². The van der Waals surface area contributed by atoms with E-state index in [1.54, 1.807) is 29.8 Å². The molecule has 0 aliphatic carbocycles. The molecule has 0 saturated carbocycles. The Balaban J connectivity index is 1.55. The van der Waals surface area contributed by atoms with Crippen molar-refractivity contribution in [2.75, 3.05) is 7.11 Å². The third kappa shape index (κ3) is 4.38. The van der Waals surface area contributed by atoms with Crippen LogP contribution in [0.3, 0.4) is 0 Å². The van der Waals surface area contributed by atoms with Crippen molar-refractivity contribution in [3.05, 3.63) is 92.1 Å². The van der Waals surface area contributed by atoms with Crippen LogP contribution in [0, 0.1) is 13.8 Å². The van der Waals surface area contributed by atoms with Crippen molar-refractivity contribution in [1.82, 2.24) is 9.78 Å². The summed E-state index contributed by atoms with van der Waals surface area (Å²) < 4.78 is 17.4. The molecule has 0 radical (unpaired) electrons. The van der Waals surface area contributed by atoms with Gasteiger partial charge in [0.05, 0.1) is 19.3 Å². The SMILES string of the molecule is COc1ccc2c(COC(=O)c3c(C)nn(Cc4ccc(C)cc4)c3Cl)cc(=O)oc2c1. The lowest BCUT2D eigenvalue weighted by Gasteiger charge is -2.08. The molecular formula is C24H21ClN2O5. The highest BCUT2D eigenvalue weighted by Gasteiger charge is 2.22. The first-order chi connectivity index (χ1) is 15.4. The highest BCUT2D eigenvalue weighted by molar-refractivity contribution is 6.32. The van der Waals surface area contributed by atoms with E-state index in [1.165, 1.54) is 13.2 Å². The standard InChI is InChI=1S/C24H21ClN2O5/c1-14-4-6-16(7-5-14)12-27-23(25)22(15(2)26-27)24(29)31-13-17-10-21(28)32-20-11-18(30-3)8-9-19(17)20/h4-11H,12-13H2,1-3H3. The third-order valence-corrected chi connectivity index (χ3v) is 5.50. The van der Waals surface area contributed by atoms with Crippen molar-refractivity contribution in [3.63, 3.8) is 0 Å². The van der Waals surface area contributed by atoms with E-state index in [9.17, 15) is 9.59 Å². The van der Waals surface area contributed by atoms with E-state index in [-0.39, 0.29) is 17.3 Å². The molecule has 0 atom stereocenters. The van der Waals surface area contributed by atoms with Crippen molar-refractivity contribution in [1.29, 1.82) is 0 Å². The van der Waals surface area contributed by atoms with Crippen molar-refractivity contribution in [2.45, 2.75) is 27.0 Å². The van der Waals surface area contributed by atoms with E-state index >= 15 is 0 Å². The van der Waals surface area contributed by atoms with Gasteiger partial charge < -0.3 is 13.9 Å². The number of fused-ring (bicyclic) bond motifs is 1. The predicted molar refractivity (Wildman–Crippen MR) is 120 cm³/mol. The molecule has 32 heavy (non-hydrogen) atoms. The summed E-state index contributed by atoms with van der Waals surface area (Å²) in [7, 11) is 1.52. The molecule has 0 aliphatic rings. The highest BCUT2D eigenvalue weighted by Crippen LogP contribution is 2.25.